The summed E-state index contributed by atoms with van der Waals surface area (Å²) in [6.45, 7) is 6.97. The summed E-state index contributed by atoms with van der Waals surface area (Å²) in [5, 5.41) is 27.0. The smallest absolute Gasteiger partial charge is 0.321 e. The molecule has 0 heterocycles. The largest absolute Gasteiger partial charge is 0.497 e. The minimum Gasteiger partial charge on any atom is -0.497 e. The summed E-state index contributed by atoms with van der Waals surface area (Å²) in [4.78, 5) is 30.5. The number of aliphatic hydroxyl groups is 2. The number of aliphatic hydroxyl groups excluding tert-OH is 1. The Kier molecular flexibility index (Phi) is 11.9. The molecule has 7 nitrogen and oxygen atoms in total. The first-order valence-electron chi connectivity index (χ1n) is 19.1. The van der Waals surface area contributed by atoms with Gasteiger partial charge < -0.3 is 25.2 Å². The van der Waals surface area contributed by atoms with Crippen LogP contribution in [0.1, 0.15) is 98.7 Å². The third kappa shape index (κ3) is 8.27. The molecule has 2 bridgehead atoms. The monoisotopic (exact) mass is 714 g/mol. The number of ether oxygens (including phenoxy) is 1. The summed E-state index contributed by atoms with van der Waals surface area (Å²) < 4.78 is 5.29. The molecule has 7 rings (SSSR count). The van der Waals surface area contributed by atoms with Crippen LogP contribution in [-0.4, -0.2) is 58.8 Å². The van der Waals surface area contributed by atoms with Crippen molar-refractivity contribution >= 4 is 17.5 Å². The number of benzene rings is 4. The molecule has 0 radical (unpaired) electrons. The molecular formula is C46H54N2O5. The standard InChI is InChI=1S/C46H54N2O5/c1-5-28-48(44(51)47-35-19-22-37(53-4)23-20-35)31-46(52)27-25-42-39-24-18-33(29-36(49)21-17-32(2)12-11-26-45(42,46)3)30-41(39)43(50)40-16-10-9-15-38(40)34-13-7-6-8-14-34/h6-10,12-16,18-20,22-24,30,36,42,49,52H,5,11,17,21,25-29,31H2,1-4H3,(H,47,51)/t36-,42-,45-,46+/m0/s1. The average molecular weight is 715 g/mol. The Balaban J connectivity index is 1.41. The van der Waals surface area contributed by atoms with Crippen molar-refractivity contribution in [3.05, 3.63) is 131 Å². The lowest BCUT2D eigenvalue weighted by atomic mass is 9.64. The highest BCUT2D eigenvalue weighted by molar-refractivity contribution is 6.13. The number of ketones is 1. The van der Waals surface area contributed by atoms with Gasteiger partial charge in [-0.2, -0.15) is 0 Å². The average Bonchev–Trinajstić information content (AvgIpc) is 3.42. The van der Waals surface area contributed by atoms with Crippen LogP contribution in [-0.2, 0) is 6.42 Å². The van der Waals surface area contributed by atoms with Crippen molar-refractivity contribution in [3.63, 3.8) is 0 Å². The Morgan fingerprint density at radius 3 is 2.40 bits per heavy atom. The maximum absolute atomic E-state index is 14.9. The zero-order valence-corrected chi connectivity index (χ0v) is 31.6. The van der Waals surface area contributed by atoms with E-state index in [4.69, 9.17) is 4.74 Å². The van der Waals surface area contributed by atoms with Gasteiger partial charge in [-0.15, -0.1) is 0 Å². The van der Waals surface area contributed by atoms with Crippen molar-refractivity contribution in [3.8, 4) is 16.9 Å². The highest BCUT2D eigenvalue weighted by Gasteiger charge is 2.57. The minimum atomic E-state index is -1.22. The van der Waals surface area contributed by atoms with Crippen LogP contribution in [0.3, 0.4) is 0 Å². The van der Waals surface area contributed by atoms with Gasteiger partial charge in [-0.25, -0.2) is 4.79 Å². The van der Waals surface area contributed by atoms with Gasteiger partial charge in [0.15, 0.2) is 5.78 Å². The number of urea groups is 1. The zero-order chi connectivity index (χ0) is 37.6. The molecule has 4 atom stereocenters. The number of fused-ring (bicyclic) bond motifs is 8. The Hall–Kier alpha value is -4.72. The van der Waals surface area contributed by atoms with Crippen LogP contribution in [0.5, 0.6) is 5.75 Å². The van der Waals surface area contributed by atoms with Gasteiger partial charge in [0, 0.05) is 28.8 Å². The number of carbonyl (C=O) groups is 2. The van der Waals surface area contributed by atoms with Gasteiger partial charge in [0.1, 0.15) is 5.75 Å². The van der Waals surface area contributed by atoms with Gasteiger partial charge in [-0.05, 0) is 117 Å². The molecule has 53 heavy (non-hydrogen) atoms. The number of rotatable bonds is 9. The van der Waals surface area contributed by atoms with Crippen LogP contribution in [0.2, 0.25) is 0 Å². The van der Waals surface area contributed by atoms with E-state index in [1.54, 1.807) is 12.0 Å². The third-order valence-electron chi connectivity index (χ3n) is 11.7. The van der Waals surface area contributed by atoms with E-state index in [1.165, 1.54) is 5.57 Å². The molecule has 4 aromatic rings. The predicted octanol–water partition coefficient (Wildman–Crippen LogP) is 9.58. The van der Waals surface area contributed by atoms with E-state index < -0.39 is 17.1 Å². The van der Waals surface area contributed by atoms with Crippen molar-refractivity contribution in [1.82, 2.24) is 4.90 Å². The van der Waals surface area contributed by atoms with E-state index in [-0.39, 0.29) is 24.3 Å². The predicted molar refractivity (Wildman–Crippen MR) is 213 cm³/mol. The molecule has 4 aromatic carbocycles. The summed E-state index contributed by atoms with van der Waals surface area (Å²) in [6.07, 6.45) is 6.87. The van der Waals surface area contributed by atoms with Gasteiger partial charge >= 0.3 is 6.03 Å². The maximum atomic E-state index is 14.9. The Morgan fingerprint density at radius 2 is 1.66 bits per heavy atom. The zero-order valence-electron chi connectivity index (χ0n) is 31.6. The number of carbonyl (C=O) groups excluding carboxylic acids is 2. The van der Waals surface area contributed by atoms with Crippen molar-refractivity contribution in [2.24, 2.45) is 5.41 Å². The Morgan fingerprint density at radius 1 is 0.925 bits per heavy atom. The van der Waals surface area contributed by atoms with Crippen molar-refractivity contribution in [1.29, 1.82) is 0 Å². The number of hydrogen-bond donors (Lipinski definition) is 3. The van der Waals surface area contributed by atoms with Gasteiger partial charge in [-0.1, -0.05) is 92.2 Å². The molecule has 0 aliphatic heterocycles. The molecule has 3 aliphatic carbocycles. The molecular weight excluding hydrogens is 661 g/mol. The normalized spacial score (nSPS) is 23.0. The van der Waals surface area contributed by atoms with E-state index in [0.717, 1.165) is 41.5 Å². The van der Waals surface area contributed by atoms with E-state index in [1.807, 2.05) is 91.9 Å². The molecule has 1 fully saturated rings. The molecule has 1 saturated carbocycles. The van der Waals surface area contributed by atoms with Crippen LogP contribution in [0, 0.1) is 5.41 Å². The first-order chi connectivity index (χ1) is 25.5. The summed E-state index contributed by atoms with van der Waals surface area (Å²) >= 11 is 0. The molecule has 3 aliphatic rings. The fraction of sp³-hybridized carbons (Fsp3) is 0.391. The van der Waals surface area contributed by atoms with Gasteiger partial charge in [0.25, 0.3) is 0 Å². The lowest BCUT2D eigenvalue weighted by Gasteiger charge is -2.46. The molecule has 7 heteroatoms. The van der Waals surface area contributed by atoms with Crippen molar-refractivity contribution < 1.29 is 24.5 Å². The highest BCUT2D eigenvalue weighted by atomic mass is 16.5. The quantitative estimate of drug-likeness (QED) is 0.119. The number of hydrogen-bond acceptors (Lipinski definition) is 5. The molecule has 0 saturated heterocycles. The number of anilines is 1. The lowest BCUT2D eigenvalue weighted by molar-refractivity contribution is -0.0763. The van der Waals surface area contributed by atoms with Crippen LogP contribution >= 0.6 is 0 Å². The second kappa shape index (κ2) is 16.5. The fourth-order valence-electron chi connectivity index (χ4n) is 8.61. The summed E-state index contributed by atoms with van der Waals surface area (Å²) in [6, 6.07) is 30.8. The second-order valence-corrected chi connectivity index (χ2v) is 15.3. The molecule has 0 spiro atoms. The van der Waals surface area contributed by atoms with Gasteiger partial charge in [0.2, 0.25) is 0 Å². The van der Waals surface area contributed by atoms with Gasteiger partial charge in [0.05, 0.1) is 25.4 Å². The third-order valence-corrected chi connectivity index (χ3v) is 11.7. The van der Waals surface area contributed by atoms with Crippen LogP contribution < -0.4 is 10.1 Å². The van der Waals surface area contributed by atoms with Crippen molar-refractivity contribution in [2.45, 2.75) is 89.8 Å². The van der Waals surface area contributed by atoms with Gasteiger partial charge in [-0.3, -0.25) is 4.79 Å². The van der Waals surface area contributed by atoms with E-state index in [9.17, 15) is 19.8 Å². The topological polar surface area (TPSA) is 99.1 Å². The molecule has 3 N–H and O–H groups in total. The van der Waals surface area contributed by atoms with E-state index in [0.29, 0.717) is 61.2 Å². The summed E-state index contributed by atoms with van der Waals surface area (Å²) in [5.41, 5.74) is 4.89. The van der Waals surface area contributed by atoms with Crippen LogP contribution in [0.15, 0.2) is 109 Å². The molecule has 278 valence electrons. The van der Waals surface area contributed by atoms with Crippen molar-refractivity contribution in [2.75, 3.05) is 25.5 Å². The van der Waals surface area contributed by atoms with Crippen LogP contribution in [0.25, 0.3) is 11.1 Å². The SMILES string of the molecule is CCCN(C[C@]1(O)CC[C@H]2c3ccc(cc3C(=O)c3ccccc3-c3ccccc3)C[C@@H](O)CCC(C)=CCC[C@@]21C)C(=O)Nc1ccc(OC)cc1. The Labute approximate surface area is 314 Å². The lowest BCUT2D eigenvalue weighted by Crippen LogP contribution is -2.54. The number of amides is 2. The van der Waals surface area contributed by atoms with E-state index in [2.05, 4.69) is 37.4 Å². The summed E-state index contributed by atoms with van der Waals surface area (Å²) in [5.74, 6) is 0.485. The molecule has 0 aromatic heterocycles. The number of methoxy groups -OCH3 is 1. The maximum Gasteiger partial charge on any atom is 0.321 e. The summed E-state index contributed by atoms with van der Waals surface area (Å²) in [7, 11) is 1.61. The second-order valence-electron chi connectivity index (χ2n) is 15.3. The number of nitrogens with one attached hydrogen (secondary N) is 1. The van der Waals surface area contributed by atoms with E-state index >= 15 is 0 Å². The number of allylic oxidation sites excluding steroid dienone is 2. The first-order valence-corrected chi connectivity index (χ1v) is 19.1. The highest BCUT2D eigenvalue weighted by Crippen LogP contribution is 2.59. The minimum absolute atomic E-state index is 0.0668. The fourth-order valence-corrected chi connectivity index (χ4v) is 8.61. The Bertz CT molecular complexity index is 1920. The first kappa shape index (κ1) is 38.0. The molecule has 0 unspecified atom stereocenters. The van der Waals surface area contributed by atoms with Crippen LogP contribution in [0.4, 0.5) is 10.5 Å². The number of nitrogens with zero attached hydrogens (tertiary/aromatic N) is 1. The molecule has 2 amide bonds.